The van der Waals surface area contributed by atoms with Gasteiger partial charge in [0, 0.05) is 31.1 Å². The molecule has 2 fully saturated rings. The summed E-state index contributed by atoms with van der Waals surface area (Å²) in [5, 5.41) is 14.2. The summed E-state index contributed by atoms with van der Waals surface area (Å²) in [7, 11) is -4.00. The summed E-state index contributed by atoms with van der Waals surface area (Å²) in [6, 6.07) is 13.2. The van der Waals surface area contributed by atoms with Crippen LogP contribution < -0.4 is 5.32 Å². The number of nitro benzene ring substituents is 1. The summed E-state index contributed by atoms with van der Waals surface area (Å²) in [6.45, 7) is 0.303. The van der Waals surface area contributed by atoms with Crippen molar-refractivity contribution in [3.63, 3.8) is 0 Å². The number of nitro groups is 1. The quantitative estimate of drug-likeness (QED) is 0.480. The molecule has 1 unspecified atom stereocenters. The van der Waals surface area contributed by atoms with Crippen LogP contribution in [0.25, 0.3) is 0 Å². The highest BCUT2D eigenvalue weighted by Gasteiger charge is 2.37. The largest absolute Gasteiger partial charge is 0.349 e. The second kappa shape index (κ2) is 9.17. The topological polar surface area (TPSA) is 110 Å². The monoisotopic (exact) mass is 477 g/mol. The number of piperidine rings is 1. The molecule has 1 heterocycles. The van der Waals surface area contributed by atoms with Gasteiger partial charge >= 0.3 is 0 Å². The van der Waals surface area contributed by atoms with Crippen LogP contribution in [0, 0.1) is 22.0 Å². The molecule has 2 aromatic carbocycles. The molecule has 10 heteroatoms. The zero-order valence-corrected chi connectivity index (χ0v) is 18.9. The number of amides is 1. The first kappa shape index (κ1) is 22.7. The first-order valence-electron chi connectivity index (χ1n) is 10.6. The molecule has 32 heavy (non-hydrogen) atoms. The fourth-order valence-corrected chi connectivity index (χ4v) is 6.10. The molecule has 1 saturated carbocycles. The van der Waals surface area contributed by atoms with Gasteiger partial charge in [0.1, 0.15) is 4.90 Å². The zero-order valence-electron chi connectivity index (χ0n) is 17.3. The minimum absolute atomic E-state index is 0.0193. The third kappa shape index (κ3) is 4.79. The summed E-state index contributed by atoms with van der Waals surface area (Å²) >= 11 is 6.04. The van der Waals surface area contributed by atoms with Crippen LogP contribution in [0.15, 0.2) is 53.4 Å². The Morgan fingerprint density at radius 3 is 2.34 bits per heavy atom. The Bertz CT molecular complexity index is 1110. The number of rotatable bonds is 7. The van der Waals surface area contributed by atoms with Crippen LogP contribution in [-0.4, -0.2) is 36.6 Å². The number of nitrogens with zero attached hydrogens (tertiary/aromatic N) is 2. The number of halogens is 1. The number of hydrogen-bond donors (Lipinski definition) is 1. The van der Waals surface area contributed by atoms with Crippen LogP contribution in [0.2, 0.25) is 5.02 Å². The number of hydrogen-bond acceptors (Lipinski definition) is 5. The van der Waals surface area contributed by atoms with Crippen molar-refractivity contribution in [1.29, 1.82) is 0 Å². The molecule has 1 aliphatic carbocycles. The molecule has 1 N–H and O–H groups in total. The van der Waals surface area contributed by atoms with Gasteiger partial charge in [-0.2, -0.15) is 4.31 Å². The van der Waals surface area contributed by atoms with Crippen molar-refractivity contribution < 1.29 is 18.1 Å². The highest BCUT2D eigenvalue weighted by molar-refractivity contribution is 7.89. The van der Waals surface area contributed by atoms with E-state index in [0.717, 1.165) is 24.5 Å². The summed E-state index contributed by atoms with van der Waals surface area (Å²) in [4.78, 5) is 23.0. The van der Waals surface area contributed by atoms with Gasteiger partial charge in [-0.15, -0.1) is 0 Å². The van der Waals surface area contributed by atoms with Crippen molar-refractivity contribution in [2.45, 2.75) is 36.6 Å². The fraction of sp³-hybridized carbons (Fsp3) is 0.409. The van der Waals surface area contributed by atoms with E-state index >= 15 is 0 Å². The minimum Gasteiger partial charge on any atom is -0.349 e. The highest BCUT2D eigenvalue weighted by atomic mass is 35.5. The Hall–Kier alpha value is -2.49. The minimum atomic E-state index is -4.00. The van der Waals surface area contributed by atoms with E-state index in [1.54, 1.807) is 0 Å². The Balaban J connectivity index is 1.42. The van der Waals surface area contributed by atoms with Gasteiger partial charge in [-0.05, 0) is 43.2 Å². The molecule has 8 nitrogen and oxygen atoms in total. The molecule has 2 aliphatic rings. The van der Waals surface area contributed by atoms with E-state index in [-0.39, 0.29) is 46.6 Å². The van der Waals surface area contributed by atoms with Gasteiger partial charge in [-0.1, -0.05) is 41.9 Å². The van der Waals surface area contributed by atoms with Crippen LogP contribution in [-0.2, 0) is 14.8 Å². The van der Waals surface area contributed by atoms with Crippen molar-refractivity contribution >= 4 is 33.2 Å². The maximum Gasteiger partial charge on any atom is 0.270 e. The average Bonchev–Trinajstić information content (AvgIpc) is 3.63. The molecule has 0 bridgehead atoms. The lowest BCUT2D eigenvalue weighted by Gasteiger charge is -2.31. The molecule has 170 valence electrons. The standard InChI is InChI=1S/C22H24ClN3O5S/c23-19-9-8-18(26(28)29)14-20(19)32(30,31)25-12-10-17(11-13-25)22(27)24-21(16-6-7-16)15-4-2-1-3-5-15/h1-5,8-9,14,16-17,21H,6-7,10-13H2,(H,24,27). The predicted molar refractivity (Wildman–Crippen MR) is 120 cm³/mol. The van der Waals surface area contributed by atoms with E-state index < -0.39 is 14.9 Å². The van der Waals surface area contributed by atoms with Gasteiger partial charge < -0.3 is 5.32 Å². The maximum absolute atomic E-state index is 13.0. The second-order valence-electron chi connectivity index (χ2n) is 8.28. The summed E-state index contributed by atoms with van der Waals surface area (Å²) in [5.41, 5.74) is 0.748. The van der Waals surface area contributed by atoms with Crippen molar-refractivity contribution in [2.24, 2.45) is 11.8 Å². The van der Waals surface area contributed by atoms with Crippen LogP contribution in [0.4, 0.5) is 5.69 Å². The Kier molecular flexibility index (Phi) is 6.50. The van der Waals surface area contributed by atoms with Crippen molar-refractivity contribution in [1.82, 2.24) is 9.62 Å². The molecule has 2 aromatic rings. The summed E-state index contributed by atoms with van der Waals surface area (Å²) in [5.74, 6) is 0.0982. The number of non-ortho nitro benzene ring substituents is 1. The number of nitrogens with one attached hydrogen (secondary N) is 1. The smallest absolute Gasteiger partial charge is 0.270 e. The van der Waals surface area contributed by atoms with Crippen LogP contribution in [0.5, 0.6) is 0 Å². The van der Waals surface area contributed by atoms with Crippen LogP contribution in [0.1, 0.15) is 37.3 Å². The normalized spacial score (nSPS) is 18.8. The molecule has 4 rings (SSSR count). The van der Waals surface area contributed by atoms with Crippen LogP contribution >= 0.6 is 11.6 Å². The number of carbonyl (C=O) groups excluding carboxylic acids is 1. The first-order chi connectivity index (χ1) is 15.3. The van der Waals surface area contributed by atoms with Crippen molar-refractivity contribution in [3.8, 4) is 0 Å². The van der Waals surface area contributed by atoms with Gasteiger partial charge in [-0.3, -0.25) is 14.9 Å². The fourth-order valence-electron chi connectivity index (χ4n) is 4.14. The van der Waals surface area contributed by atoms with Crippen molar-refractivity contribution in [3.05, 3.63) is 69.2 Å². The van der Waals surface area contributed by atoms with E-state index in [4.69, 9.17) is 11.6 Å². The maximum atomic E-state index is 13.0. The summed E-state index contributed by atoms with van der Waals surface area (Å²) in [6.07, 6.45) is 2.93. The van der Waals surface area contributed by atoms with Gasteiger partial charge in [0.25, 0.3) is 5.69 Å². The number of sulfonamides is 1. The van der Waals surface area contributed by atoms with Crippen molar-refractivity contribution in [2.75, 3.05) is 13.1 Å². The zero-order chi connectivity index (χ0) is 22.9. The molecule has 1 atom stereocenters. The first-order valence-corrected chi connectivity index (χ1v) is 12.4. The second-order valence-corrected chi connectivity index (χ2v) is 10.6. The molecular weight excluding hydrogens is 454 g/mol. The molecule has 1 saturated heterocycles. The lowest BCUT2D eigenvalue weighted by molar-refractivity contribution is -0.385. The van der Waals surface area contributed by atoms with E-state index in [1.165, 1.54) is 16.4 Å². The Morgan fingerprint density at radius 2 is 1.75 bits per heavy atom. The van der Waals surface area contributed by atoms with Gasteiger partial charge in [0.05, 0.1) is 16.0 Å². The van der Waals surface area contributed by atoms with Gasteiger partial charge in [0.2, 0.25) is 15.9 Å². The third-order valence-electron chi connectivity index (χ3n) is 6.12. The third-order valence-corrected chi connectivity index (χ3v) is 8.50. The molecule has 0 aromatic heterocycles. The van der Waals surface area contributed by atoms with Gasteiger partial charge in [0.15, 0.2) is 0 Å². The Labute approximate surface area is 191 Å². The molecule has 1 amide bonds. The van der Waals surface area contributed by atoms with E-state index in [2.05, 4.69) is 5.32 Å². The van der Waals surface area contributed by atoms with Crippen LogP contribution in [0.3, 0.4) is 0 Å². The Morgan fingerprint density at radius 1 is 1.09 bits per heavy atom. The lowest BCUT2D eigenvalue weighted by Crippen LogP contribution is -2.44. The average molecular weight is 478 g/mol. The predicted octanol–water partition coefficient (Wildman–Crippen LogP) is 3.92. The number of benzene rings is 2. The SMILES string of the molecule is O=C(NC(c1ccccc1)C1CC1)C1CCN(S(=O)(=O)c2cc([N+](=O)[O-])ccc2Cl)CC1. The van der Waals surface area contributed by atoms with E-state index in [9.17, 15) is 23.3 Å². The van der Waals surface area contributed by atoms with Gasteiger partial charge in [-0.25, -0.2) is 8.42 Å². The molecule has 0 spiro atoms. The molecular formula is C22H24ClN3O5S. The highest BCUT2D eigenvalue weighted by Crippen LogP contribution is 2.41. The lowest BCUT2D eigenvalue weighted by atomic mass is 9.95. The van der Waals surface area contributed by atoms with E-state index in [1.807, 2.05) is 30.3 Å². The van der Waals surface area contributed by atoms with E-state index in [0.29, 0.717) is 18.8 Å². The molecule has 0 radical (unpaired) electrons. The molecule has 1 aliphatic heterocycles. The number of carbonyl (C=O) groups is 1. The summed E-state index contributed by atoms with van der Waals surface area (Å²) < 4.78 is 27.3.